The van der Waals surface area contributed by atoms with E-state index in [1.165, 1.54) is 11.3 Å². The number of anilines is 1. The number of rotatable bonds is 4. The lowest BCUT2D eigenvalue weighted by Crippen LogP contribution is -2.12. The summed E-state index contributed by atoms with van der Waals surface area (Å²) >= 11 is 1.27. The highest BCUT2D eigenvalue weighted by atomic mass is 32.1. The van der Waals surface area contributed by atoms with Crippen molar-refractivity contribution >= 4 is 27.3 Å². The smallest absolute Gasteiger partial charge is 0.257 e. The molecule has 108 valence electrons. The zero-order valence-corrected chi connectivity index (χ0v) is 12.3. The highest BCUT2D eigenvalue weighted by molar-refractivity contribution is 7.20. The van der Waals surface area contributed by atoms with Crippen molar-refractivity contribution in [2.45, 2.75) is 13.8 Å². The molecule has 0 spiro atoms. The molecule has 0 aliphatic carbocycles. The minimum absolute atomic E-state index is 0.222. The van der Waals surface area contributed by atoms with Gasteiger partial charge in [-0.3, -0.25) is 10.1 Å². The second kappa shape index (κ2) is 5.49. The largest absolute Gasteiger partial charge is 0.494 e. The molecule has 2 aromatic heterocycles. The Bertz CT molecular complexity index is 778. The molecule has 3 rings (SSSR count). The number of nitrogens with zero attached hydrogens (tertiary/aromatic N) is 4. The van der Waals surface area contributed by atoms with Crippen LogP contribution in [0, 0.1) is 6.92 Å². The third-order valence-corrected chi connectivity index (χ3v) is 3.61. The summed E-state index contributed by atoms with van der Waals surface area (Å²) in [6.07, 6.45) is 0. The van der Waals surface area contributed by atoms with Crippen LogP contribution in [-0.4, -0.2) is 32.3 Å². The third-order valence-electron chi connectivity index (χ3n) is 2.79. The molecule has 0 fully saturated rings. The summed E-state index contributed by atoms with van der Waals surface area (Å²) in [5, 5.41) is 15.3. The number of amides is 1. The Kier molecular flexibility index (Phi) is 3.53. The van der Waals surface area contributed by atoms with Crippen LogP contribution in [0.5, 0.6) is 5.75 Å². The normalized spacial score (nSPS) is 10.8. The molecule has 1 aromatic carbocycles. The Labute approximate surface area is 124 Å². The van der Waals surface area contributed by atoms with Gasteiger partial charge in [0.25, 0.3) is 5.91 Å². The number of hydrogen-bond acceptors (Lipinski definition) is 6. The number of ether oxygens (including phenoxy) is 1. The fourth-order valence-electron chi connectivity index (χ4n) is 1.80. The first-order chi connectivity index (χ1) is 10.2. The fourth-order valence-corrected chi connectivity index (χ4v) is 2.58. The van der Waals surface area contributed by atoms with Gasteiger partial charge >= 0.3 is 0 Å². The molecule has 0 aliphatic rings. The number of carbonyl (C=O) groups is 1. The predicted octanol–water partition coefficient (Wildman–Crippen LogP) is 2.15. The molecule has 21 heavy (non-hydrogen) atoms. The van der Waals surface area contributed by atoms with E-state index >= 15 is 0 Å². The first-order valence-electron chi connectivity index (χ1n) is 6.40. The zero-order chi connectivity index (χ0) is 14.8. The minimum atomic E-state index is -0.222. The van der Waals surface area contributed by atoms with Gasteiger partial charge in [0.1, 0.15) is 5.75 Å². The second-order valence-electron chi connectivity index (χ2n) is 4.26. The van der Waals surface area contributed by atoms with Gasteiger partial charge in [-0.2, -0.15) is 4.52 Å². The van der Waals surface area contributed by atoms with E-state index in [4.69, 9.17) is 4.74 Å². The maximum absolute atomic E-state index is 12.1. The number of benzene rings is 1. The highest BCUT2D eigenvalue weighted by Crippen LogP contribution is 2.19. The van der Waals surface area contributed by atoms with Gasteiger partial charge < -0.3 is 4.74 Å². The van der Waals surface area contributed by atoms with Gasteiger partial charge in [0.2, 0.25) is 10.1 Å². The minimum Gasteiger partial charge on any atom is -0.494 e. The lowest BCUT2D eigenvalue weighted by atomic mass is 10.2. The van der Waals surface area contributed by atoms with Gasteiger partial charge in [-0.05, 0) is 38.1 Å². The molecule has 0 saturated heterocycles. The van der Waals surface area contributed by atoms with Crippen LogP contribution in [0.15, 0.2) is 24.3 Å². The van der Waals surface area contributed by atoms with E-state index in [0.29, 0.717) is 28.1 Å². The fraction of sp³-hybridized carbons (Fsp3) is 0.231. The zero-order valence-electron chi connectivity index (χ0n) is 11.5. The van der Waals surface area contributed by atoms with Gasteiger partial charge in [-0.15, -0.1) is 15.3 Å². The number of nitrogens with one attached hydrogen (secondary N) is 1. The summed E-state index contributed by atoms with van der Waals surface area (Å²) in [7, 11) is 0. The average Bonchev–Trinajstić information content (AvgIpc) is 3.02. The van der Waals surface area contributed by atoms with Crippen molar-refractivity contribution in [3.8, 4) is 5.75 Å². The number of aromatic nitrogens is 4. The van der Waals surface area contributed by atoms with E-state index in [1.807, 2.05) is 6.92 Å². The maximum Gasteiger partial charge on any atom is 0.257 e. The molecular formula is C13H13N5O2S. The standard InChI is InChI=1S/C13H13N5O2S/c1-3-20-10-6-4-9(5-7-10)11(19)14-12-17-18-8(2)15-16-13(18)21-12/h4-7H,3H2,1-2H3,(H,14,17,19). The van der Waals surface area contributed by atoms with Gasteiger partial charge in [0, 0.05) is 5.56 Å². The van der Waals surface area contributed by atoms with E-state index in [0.717, 1.165) is 5.75 Å². The molecule has 0 atom stereocenters. The molecule has 0 aliphatic heterocycles. The lowest BCUT2D eigenvalue weighted by molar-refractivity contribution is 0.102. The van der Waals surface area contributed by atoms with Crippen molar-refractivity contribution in [3.63, 3.8) is 0 Å². The Morgan fingerprint density at radius 1 is 1.33 bits per heavy atom. The molecule has 0 saturated carbocycles. The van der Waals surface area contributed by atoms with Crippen LogP contribution in [0.1, 0.15) is 23.1 Å². The summed E-state index contributed by atoms with van der Waals surface area (Å²) in [5.74, 6) is 1.20. The van der Waals surface area contributed by atoms with Crippen LogP contribution in [0.3, 0.4) is 0 Å². The van der Waals surface area contributed by atoms with Gasteiger partial charge in [-0.1, -0.05) is 11.3 Å². The van der Waals surface area contributed by atoms with Crippen LogP contribution >= 0.6 is 11.3 Å². The Morgan fingerprint density at radius 2 is 2.10 bits per heavy atom. The van der Waals surface area contributed by atoms with Gasteiger partial charge in [-0.25, -0.2) is 0 Å². The molecule has 7 nitrogen and oxygen atoms in total. The number of fused-ring (bicyclic) bond motifs is 1. The monoisotopic (exact) mass is 303 g/mol. The predicted molar refractivity (Wildman–Crippen MR) is 79.0 cm³/mol. The lowest BCUT2D eigenvalue weighted by Gasteiger charge is -2.04. The molecule has 0 radical (unpaired) electrons. The van der Waals surface area contributed by atoms with E-state index in [2.05, 4.69) is 20.6 Å². The van der Waals surface area contributed by atoms with E-state index < -0.39 is 0 Å². The second-order valence-corrected chi connectivity index (χ2v) is 5.22. The summed E-state index contributed by atoms with van der Waals surface area (Å²) in [6, 6.07) is 6.96. The van der Waals surface area contributed by atoms with Crippen molar-refractivity contribution in [2.75, 3.05) is 11.9 Å². The molecular weight excluding hydrogens is 290 g/mol. The molecule has 2 heterocycles. The molecule has 3 aromatic rings. The SMILES string of the molecule is CCOc1ccc(C(=O)Nc2nn3c(C)nnc3s2)cc1. The van der Waals surface area contributed by atoms with Crippen molar-refractivity contribution in [1.29, 1.82) is 0 Å². The van der Waals surface area contributed by atoms with Crippen molar-refractivity contribution in [3.05, 3.63) is 35.7 Å². The van der Waals surface area contributed by atoms with Gasteiger partial charge in [0.15, 0.2) is 5.82 Å². The average molecular weight is 303 g/mol. The molecule has 1 N–H and O–H groups in total. The molecule has 0 unspecified atom stereocenters. The Hall–Kier alpha value is -2.48. The number of hydrogen-bond donors (Lipinski definition) is 1. The number of aryl methyl sites for hydroxylation is 1. The number of carbonyl (C=O) groups excluding carboxylic acids is 1. The summed E-state index contributed by atoms with van der Waals surface area (Å²) in [4.78, 5) is 12.8. The molecule has 8 heteroatoms. The summed E-state index contributed by atoms with van der Waals surface area (Å²) in [5.41, 5.74) is 0.543. The highest BCUT2D eigenvalue weighted by Gasteiger charge is 2.12. The van der Waals surface area contributed by atoms with Crippen LogP contribution in [-0.2, 0) is 0 Å². The van der Waals surface area contributed by atoms with Crippen molar-refractivity contribution < 1.29 is 9.53 Å². The first-order valence-corrected chi connectivity index (χ1v) is 7.22. The first kappa shape index (κ1) is 13.5. The van der Waals surface area contributed by atoms with E-state index in [-0.39, 0.29) is 5.91 Å². The van der Waals surface area contributed by atoms with E-state index in [9.17, 15) is 4.79 Å². The summed E-state index contributed by atoms with van der Waals surface area (Å²) < 4.78 is 6.94. The van der Waals surface area contributed by atoms with Crippen LogP contribution in [0.25, 0.3) is 4.96 Å². The quantitative estimate of drug-likeness (QED) is 0.798. The van der Waals surface area contributed by atoms with Crippen molar-refractivity contribution in [1.82, 2.24) is 19.8 Å². The van der Waals surface area contributed by atoms with E-state index in [1.54, 1.807) is 35.7 Å². The Balaban J connectivity index is 1.75. The molecule has 0 bridgehead atoms. The topological polar surface area (TPSA) is 81.4 Å². The molecule has 1 amide bonds. The van der Waals surface area contributed by atoms with Gasteiger partial charge in [0.05, 0.1) is 6.61 Å². The van der Waals surface area contributed by atoms with Crippen LogP contribution < -0.4 is 10.1 Å². The van der Waals surface area contributed by atoms with Crippen LogP contribution in [0.2, 0.25) is 0 Å². The van der Waals surface area contributed by atoms with Crippen LogP contribution in [0.4, 0.5) is 5.13 Å². The maximum atomic E-state index is 12.1. The van der Waals surface area contributed by atoms with Crippen molar-refractivity contribution in [2.24, 2.45) is 0 Å². The Morgan fingerprint density at radius 3 is 2.76 bits per heavy atom. The third kappa shape index (κ3) is 2.70. The summed E-state index contributed by atoms with van der Waals surface area (Å²) in [6.45, 7) is 4.31.